The number of hydrogen-bond donors (Lipinski definition) is 2. The Hall–Kier alpha value is -4.01. The first-order chi connectivity index (χ1) is 16.1. The Bertz CT molecular complexity index is 1130. The van der Waals surface area contributed by atoms with E-state index in [4.69, 9.17) is 4.74 Å². The first-order valence-electron chi connectivity index (χ1n) is 10.3. The van der Waals surface area contributed by atoms with Crippen LogP contribution in [0.1, 0.15) is 46.9 Å². The molecule has 0 aliphatic carbocycles. The molecule has 0 bridgehead atoms. The van der Waals surface area contributed by atoms with Gasteiger partial charge < -0.3 is 19.7 Å². The fraction of sp³-hybridized carbons (Fsp3) is 0.200. The SMILES string of the molecule is O=C1O[C@H](c2ccccc2)CC=CCCC=CC(OC(=O)C(F)(F)F)=Cc2cc(O)cc(O)c21. The van der Waals surface area contributed by atoms with Crippen molar-refractivity contribution in [3.63, 3.8) is 0 Å². The summed E-state index contributed by atoms with van der Waals surface area (Å²) in [6.45, 7) is 0. The molecule has 0 saturated carbocycles. The van der Waals surface area contributed by atoms with E-state index in [1.165, 1.54) is 6.08 Å². The van der Waals surface area contributed by atoms with Gasteiger partial charge in [-0.15, -0.1) is 0 Å². The molecule has 1 aliphatic heterocycles. The van der Waals surface area contributed by atoms with Gasteiger partial charge in [0.25, 0.3) is 0 Å². The number of carbonyl (C=O) groups excluding carboxylic acids is 2. The van der Waals surface area contributed by atoms with Crippen molar-refractivity contribution in [2.24, 2.45) is 0 Å². The van der Waals surface area contributed by atoms with Gasteiger partial charge in [-0.3, -0.25) is 0 Å². The minimum Gasteiger partial charge on any atom is -0.508 e. The average Bonchev–Trinajstić information content (AvgIpc) is 2.76. The second-order valence-corrected chi connectivity index (χ2v) is 7.35. The lowest BCUT2D eigenvalue weighted by molar-refractivity contribution is -0.194. The van der Waals surface area contributed by atoms with E-state index in [0.717, 1.165) is 24.3 Å². The van der Waals surface area contributed by atoms with Crippen LogP contribution >= 0.6 is 0 Å². The number of fused-ring (bicyclic) bond motifs is 1. The molecule has 9 heteroatoms. The largest absolute Gasteiger partial charge is 0.508 e. The summed E-state index contributed by atoms with van der Waals surface area (Å²) in [6, 6.07) is 10.8. The number of phenolic OH excluding ortho intramolecular Hbond substituents is 2. The standard InChI is InChI=1S/C25H21F3O6/c26-25(27,28)24(32)33-19-11-7-2-1-3-8-12-21(16-9-5-4-6-10-16)34-23(31)22-17(14-19)13-18(29)15-20(22)30/h3-11,13-15,21,29-30H,1-2,12H2/t21-/m0/s1. The maximum absolute atomic E-state index is 13.1. The molecule has 0 saturated heterocycles. The minimum absolute atomic E-state index is 0.198. The average molecular weight is 474 g/mol. The van der Waals surface area contributed by atoms with Crippen molar-refractivity contribution in [1.29, 1.82) is 0 Å². The molecule has 1 atom stereocenters. The van der Waals surface area contributed by atoms with Crippen molar-refractivity contribution in [2.45, 2.75) is 31.5 Å². The molecule has 6 nitrogen and oxygen atoms in total. The van der Waals surface area contributed by atoms with Crippen LogP contribution in [-0.4, -0.2) is 28.3 Å². The van der Waals surface area contributed by atoms with Crippen molar-refractivity contribution in [3.8, 4) is 11.5 Å². The Kier molecular flexibility index (Phi) is 7.78. The number of carbonyl (C=O) groups is 2. The Labute approximate surface area is 193 Å². The zero-order valence-corrected chi connectivity index (χ0v) is 17.8. The normalized spacial score (nSPS) is 17.2. The van der Waals surface area contributed by atoms with Crippen molar-refractivity contribution in [2.75, 3.05) is 0 Å². The highest BCUT2D eigenvalue weighted by Crippen LogP contribution is 2.33. The zero-order valence-electron chi connectivity index (χ0n) is 17.8. The number of alkyl halides is 3. The zero-order chi connectivity index (χ0) is 24.7. The van der Waals surface area contributed by atoms with Gasteiger partial charge in [-0.05, 0) is 36.6 Å². The summed E-state index contributed by atoms with van der Waals surface area (Å²) in [7, 11) is 0. The van der Waals surface area contributed by atoms with E-state index in [1.807, 2.05) is 12.2 Å². The van der Waals surface area contributed by atoms with Gasteiger partial charge in [0, 0.05) is 18.1 Å². The highest BCUT2D eigenvalue weighted by Gasteiger charge is 2.41. The number of aromatic hydroxyl groups is 2. The number of rotatable bonds is 2. The molecule has 2 N–H and O–H groups in total. The Morgan fingerprint density at radius 3 is 2.44 bits per heavy atom. The summed E-state index contributed by atoms with van der Waals surface area (Å²) in [6.07, 6.45) is 2.56. The maximum Gasteiger partial charge on any atom is 0.491 e. The highest BCUT2D eigenvalue weighted by molar-refractivity contribution is 5.97. The Balaban J connectivity index is 2.09. The number of cyclic esters (lactones) is 1. The van der Waals surface area contributed by atoms with Gasteiger partial charge in [0.1, 0.15) is 28.9 Å². The predicted octanol–water partition coefficient (Wildman–Crippen LogP) is 5.74. The second kappa shape index (κ2) is 10.7. The molecule has 0 unspecified atom stereocenters. The highest BCUT2D eigenvalue weighted by atomic mass is 19.4. The van der Waals surface area contributed by atoms with Gasteiger partial charge in [-0.1, -0.05) is 48.6 Å². The molecular formula is C25H21F3O6. The topological polar surface area (TPSA) is 93.1 Å². The number of ether oxygens (including phenoxy) is 2. The van der Waals surface area contributed by atoms with E-state index in [-0.39, 0.29) is 5.56 Å². The molecule has 0 fully saturated rings. The van der Waals surface area contributed by atoms with Crippen LogP contribution in [0.3, 0.4) is 0 Å². The van der Waals surface area contributed by atoms with Crippen LogP contribution in [0.5, 0.6) is 11.5 Å². The molecule has 2 aromatic rings. The van der Waals surface area contributed by atoms with Crippen LogP contribution in [0, 0.1) is 0 Å². The third-order valence-electron chi connectivity index (χ3n) is 4.80. The van der Waals surface area contributed by atoms with Crippen LogP contribution in [0.4, 0.5) is 13.2 Å². The molecule has 0 aromatic heterocycles. The van der Waals surface area contributed by atoms with Gasteiger partial charge >= 0.3 is 18.1 Å². The van der Waals surface area contributed by atoms with Crippen LogP contribution in [0.25, 0.3) is 6.08 Å². The van der Waals surface area contributed by atoms with E-state index in [9.17, 15) is 33.0 Å². The van der Waals surface area contributed by atoms with Gasteiger partial charge in [0.15, 0.2) is 0 Å². The third kappa shape index (κ3) is 6.50. The summed E-state index contributed by atoms with van der Waals surface area (Å²) in [5, 5.41) is 20.3. The van der Waals surface area contributed by atoms with E-state index in [1.54, 1.807) is 30.3 Å². The second-order valence-electron chi connectivity index (χ2n) is 7.35. The van der Waals surface area contributed by atoms with Gasteiger partial charge in [-0.2, -0.15) is 13.2 Å². The van der Waals surface area contributed by atoms with E-state index >= 15 is 0 Å². The summed E-state index contributed by atoms with van der Waals surface area (Å²) >= 11 is 0. The fourth-order valence-electron chi connectivity index (χ4n) is 3.24. The van der Waals surface area contributed by atoms with Crippen LogP contribution in [0.15, 0.2) is 72.5 Å². The molecule has 0 radical (unpaired) electrons. The summed E-state index contributed by atoms with van der Waals surface area (Å²) in [5.41, 5.74) is 0.0907. The number of benzene rings is 2. The van der Waals surface area contributed by atoms with Crippen molar-refractivity contribution in [3.05, 3.63) is 89.2 Å². The number of phenols is 2. The first kappa shape index (κ1) is 24.6. The number of halogens is 3. The minimum atomic E-state index is -5.25. The molecule has 0 spiro atoms. The maximum atomic E-state index is 13.1. The molecule has 178 valence electrons. The van der Waals surface area contributed by atoms with Gasteiger partial charge in [-0.25, -0.2) is 9.59 Å². The molecule has 1 aliphatic rings. The Morgan fingerprint density at radius 2 is 1.74 bits per heavy atom. The number of esters is 2. The van der Waals surface area contributed by atoms with E-state index < -0.39 is 47.0 Å². The van der Waals surface area contributed by atoms with Crippen molar-refractivity contribution < 1.29 is 42.4 Å². The molecule has 34 heavy (non-hydrogen) atoms. The molecular weight excluding hydrogens is 453 g/mol. The smallest absolute Gasteiger partial charge is 0.491 e. The van der Waals surface area contributed by atoms with Gasteiger partial charge in [0.2, 0.25) is 0 Å². The predicted molar refractivity (Wildman–Crippen MR) is 117 cm³/mol. The van der Waals surface area contributed by atoms with Crippen molar-refractivity contribution >= 4 is 18.0 Å². The Morgan fingerprint density at radius 1 is 1.03 bits per heavy atom. The van der Waals surface area contributed by atoms with Crippen LogP contribution in [0.2, 0.25) is 0 Å². The van der Waals surface area contributed by atoms with E-state index in [2.05, 4.69) is 4.74 Å². The monoisotopic (exact) mass is 474 g/mol. The molecule has 2 aromatic carbocycles. The lowest BCUT2D eigenvalue weighted by Crippen LogP contribution is -2.24. The van der Waals surface area contributed by atoms with Crippen LogP contribution in [-0.2, 0) is 14.3 Å². The summed E-state index contributed by atoms with van der Waals surface area (Å²) in [5.74, 6) is -5.09. The summed E-state index contributed by atoms with van der Waals surface area (Å²) < 4.78 is 48.3. The number of allylic oxidation sites excluding steroid dienone is 3. The third-order valence-corrected chi connectivity index (χ3v) is 4.80. The van der Waals surface area contributed by atoms with Crippen molar-refractivity contribution in [1.82, 2.24) is 0 Å². The number of hydrogen-bond acceptors (Lipinski definition) is 6. The van der Waals surface area contributed by atoms with Gasteiger partial charge in [0.05, 0.1) is 0 Å². The fourth-order valence-corrected chi connectivity index (χ4v) is 3.24. The molecule has 1 heterocycles. The van der Waals surface area contributed by atoms with E-state index in [0.29, 0.717) is 24.8 Å². The van der Waals surface area contributed by atoms with Crippen LogP contribution < -0.4 is 0 Å². The summed E-state index contributed by atoms with van der Waals surface area (Å²) in [4.78, 5) is 24.5. The first-order valence-corrected chi connectivity index (χ1v) is 10.3. The molecule has 3 rings (SSSR count). The quantitative estimate of drug-likeness (QED) is 0.426. The lowest BCUT2D eigenvalue weighted by Gasteiger charge is -2.19. The molecule has 0 amide bonds. The lowest BCUT2D eigenvalue weighted by atomic mass is 10.0.